The van der Waals surface area contributed by atoms with Crippen LogP contribution in [-0.4, -0.2) is 39.3 Å². The van der Waals surface area contributed by atoms with Crippen molar-refractivity contribution in [3.05, 3.63) is 29.8 Å². The molecule has 0 atom stereocenters. The van der Waals surface area contributed by atoms with Gasteiger partial charge in [0, 0.05) is 25.3 Å². The van der Waals surface area contributed by atoms with E-state index >= 15 is 0 Å². The second kappa shape index (κ2) is 10.8. The van der Waals surface area contributed by atoms with Crippen LogP contribution in [0.5, 0.6) is 0 Å². The molecule has 0 bridgehead atoms. The summed E-state index contributed by atoms with van der Waals surface area (Å²) in [5.74, 6) is 0. The van der Waals surface area contributed by atoms with Gasteiger partial charge in [-0.15, -0.1) is 0 Å². The zero-order valence-corrected chi connectivity index (χ0v) is 12.0. The van der Waals surface area contributed by atoms with Crippen LogP contribution in [0.3, 0.4) is 0 Å². The minimum atomic E-state index is 0.769. The predicted molar refractivity (Wildman–Crippen MR) is 83.7 cm³/mol. The SMILES string of the molecule is Cc1ccccc1NCCCNCCNCCCN. The molecule has 0 saturated heterocycles. The normalized spacial score (nSPS) is 10.6. The van der Waals surface area contributed by atoms with E-state index < -0.39 is 0 Å². The quantitative estimate of drug-likeness (QED) is 0.455. The van der Waals surface area contributed by atoms with Crippen LogP contribution in [-0.2, 0) is 0 Å². The van der Waals surface area contributed by atoms with E-state index in [1.807, 2.05) is 0 Å². The van der Waals surface area contributed by atoms with E-state index in [2.05, 4.69) is 47.1 Å². The molecule has 0 aliphatic rings. The van der Waals surface area contributed by atoms with Gasteiger partial charge >= 0.3 is 0 Å². The van der Waals surface area contributed by atoms with Crippen molar-refractivity contribution in [2.24, 2.45) is 5.73 Å². The van der Waals surface area contributed by atoms with Crippen LogP contribution in [0.15, 0.2) is 24.3 Å². The molecule has 1 aromatic rings. The van der Waals surface area contributed by atoms with E-state index in [0.717, 1.165) is 52.1 Å². The minimum absolute atomic E-state index is 0.769. The van der Waals surface area contributed by atoms with Gasteiger partial charge in [-0.3, -0.25) is 0 Å². The molecule has 0 aromatic heterocycles. The van der Waals surface area contributed by atoms with Gasteiger partial charge in [-0.2, -0.15) is 0 Å². The highest BCUT2D eigenvalue weighted by atomic mass is 14.9. The van der Waals surface area contributed by atoms with Gasteiger partial charge in [0.25, 0.3) is 0 Å². The van der Waals surface area contributed by atoms with E-state index in [1.54, 1.807) is 0 Å². The first-order valence-corrected chi connectivity index (χ1v) is 7.25. The fourth-order valence-electron chi connectivity index (χ4n) is 1.86. The molecule has 0 fully saturated rings. The Hall–Kier alpha value is -1.10. The Balaban J connectivity index is 1.90. The number of nitrogens with one attached hydrogen (secondary N) is 3. The zero-order chi connectivity index (χ0) is 13.8. The molecule has 0 saturated carbocycles. The van der Waals surface area contributed by atoms with Crippen molar-refractivity contribution in [2.75, 3.05) is 44.6 Å². The number of benzene rings is 1. The van der Waals surface area contributed by atoms with Crippen molar-refractivity contribution in [1.29, 1.82) is 0 Å². The maximum absolute atomic E-state index is 5.42. The van der Waals surface area contributed by atoms with E-state index in [9.17, 15) is 0 Å². The summed E-state index contributed by atoms with van der Waals surface area (Å²) in [5, 5.41) is 10.2. The largest absolute Gasteiger partial charge is 0.385 e. The Kier molecular flexibility index (Phi) is 9.06. The van der Waals surface area contributed by atoms with Gasteiger partial charge in [0.05, 0.1) is 0 Å². The molecule has 4 heteroatoms. The molecule has 0 aliphatic heterocycles. The number of para-hydroxylation sites is 1. The zero-order valence-electron chi connectivity index (χ0n) is 12.0. The maximum Gasteiger partial charge on any atom is 0.0369 e. The Bertz CT molecular complexity index is 328. The summed E-state index contributed by atoms with van der Waals surface area (Å²) < 4.78 is 0. The standard InChI is InChI=1S/C15H28N4/c1-14-6-2-3-7-15(14)19-11-5-10-18-13-12-17-9-4-8-16/h2-3,6-7,17-19H,4-5,8-13,16H2,1H3. The highest BCUT2D eigenvalue weighted by Gasteiger charge is 1.94. The fourth-order valence-corrected chi connectivity index (χ4v) is 1.86. The maximum atomic E-state index is 5.42. The first-order valence-electron chi connectivity index (χ1n) is 7.25. The monoisotopic (exact) mass is 264 g/mol. The van der Waals surface area contributed by atoms with Gasteiger partial charge in [0.1, 0.15) is 0 Å². The van der Waals surface area contributed by atoms with Gasteiger partial charge < -0.3 is 21.7 Å². The Morgan fingerprint density at radius 3 is 2.26 bits per heavy atom. The van der Waals surface area contributed by atoms with Gasteiger partial charge in [-0.05, 0) is 51.0 Å². The van der Waals surface area contributed by atoms with Crippen LogP contribution >= 0.6 is 0 Å². The number of rotatable bonds is 11. The fraction of sp³-hybridized carbons (Fsp3) is 0.600. The summed E-state index contributed by atoms with van der Waals surface area (Å²) in [4.78, 5) is 0. The van der Waals surface area contributed by atoms with Crippen LogP contribution in [0.2, 0.25) is 0 Å². The van der Waals surface area contributed by atoms with Crippen molar-refractivity contribution in [3.8, 4) is 0 Å². The van der Waals surface area contributed by atoms with E-state index in [0.29, 0.717) is 0 Å². The molecule has 0 spiro atoms. The van der Waals surface area contributed by atoms with E-state index in [-0.39, 0.29) is 0 Å². The van der Waals surface area contributed by atoms with Crippen LogP contribution in [0, 0.1) is 6.92 Å². The Morgan fingerprint density at radius 1 is 0.895 bits per heavy atom. The van der Waals surface area contributed by atoms with Crippen molar-refractivity contribution >= 4 is 5.69 Å². The lowest BCUT2D eigenvalue weighted by atomic mass is 10.2. The molecule has 0 aliphatic carbocycles. The van der Waals surface area contributed by atoms with Gasteiger partial charge in [-0.25, -0.2) is 0 Å². The van der Waals surface area contributed by atoms with Gasteiger partial charge in [0.15, 0.2) is 0 Å². The molecule has 0 unspecified atom stereocenters. The summed E-state index contributed by atoms with van der Waals surface area (Å²) in [6, 6.07) is 8.40. The average Bonchev–Trinajstić information content (AvgIpc) is 2.43. The molecule has 1 aromatic carbocycles. The predicted octanol–water partition coefficient (Wildman–Crippen LogP) is 1.33. The number of aryl methyl sites for hydroxylation is 1. The van der Waals surface area contributed by atoms with Crippen molar-refractivity contribution in [1.82, 2.24) is 10.6 Å². The van der Waals surface area contributed by atoms with Crippen LogP contribution < -0.4 is 21.7 Å². The molecule has 0 radical (unpaired) electrons. The van der Waals surface area contributed by atoms with E-state index in [1.165, 1.54) is 11.3 Å². The third-order valence-electron chi connectivity index (χ3n) is 3.03. The third-order valence-corrected chi connectivity index (χ3v) is 3.03. The lowest BCUT2D eigenvalue weighted by Gasteiger charge is -2.10. The molecule has 0 heterocycles. The first kappa shape index (κ1) is 16.0. The van der Waals surface area contributed by atoms with Crippen LogP contribution in [0.25, 0.3) is 0 Å². The van der Waals surface area contributed by atoms with Crippen LogP contribution in [0.1, 0.15) is 18.4 Å². The van der Waals surface area contributed by atoms with Crippen molar-refractivity contribution < 1.29 is 0 Å². The highest BCUT2D eigenvalue weighted by Crippen LogP contribution is 2.12. The summed E-state index contributed by atoms with van der Waals surface area (Å²) in [6.07, 6.45) is 2.19. The summed E-state index contributed by atoms with van der Waals surface area (Å²) in [5.41, 5.74) is 7.97. The summed E-state index contributed by atoms with van der Waals surface area (Å²) >= 11 is 0. The average molecular weight is 264 g/mol. The summed E-state index contributed by atoms with van der Waals surface area (Å²) in [7, 11) is 0. The minimum Gasteiger partial charge on any atom is -0.385 e. The molecule has 108 valence electrons. The lowest BCUT2D eigenvalue weighted by Crippen LogP contribution is -2.29. The molecular weight excluding hydrogens is 236 g/mol. The number of hydrogen-bond donors (Lipinski definition) is 4. The van der Waals surface area contributed by atoms with Crippen LogP contribution in [0.4, 0.5) is 5.69 Å². The molecule has 5 N–H and O–H groups in total. The lowest BCUT2D eigenvalue weighted by molar-refractivity contribution is 0.592. The highest BCUT2D eigenvalue weighted by molar-refractivity contribution is 5.49. The number of anilines is 1. The Morgan fingerprint density at radius 2 is 1.58 bits per heavy atom. The van der Waals surface area contributed by atoms with Crippen molar-refractivity contribution in [3.63, 3.8) is 0 Å². The topological polar surface area (TPSA) is 62.1 Å². The molecule has 4 nitrogen and oxygen atoms in total. The van der Waals surface area contributed by atoms with E-state index in [4.69, 9.17) is 5.73 Å². The Labute approximate surface area is 117 Å². The van der Waals surface area contributed by atoms with Gasteiger partial charge in [0.2, 0.25) is 0 Å². The second-order valence-corrected chi connectivity index (χ2v) is 4.74. The third kappa shape index (κ3) is 7.82. The smallest absolute Gasteiger partial charge is 0.0369 e. The molecular formula is C15H28N4. The second-order valence-electron chi connectivity index (χ2n) is 4.74. The molecule has 0 amide bonds. The molecule has 1 rings (SSSR count). The van der Waals surface area contributed by atoms with Crippen molar-refractivity contribution in [2.45, 2.75) is 19.8 Å². The number of nitrogens with two attached hydrogens (primary N) is 1. The molecule has 19 heavy (non-hydrogen) atoms. The summed E-state index contributed by atoms with van der Waals surface area (Å²) in [6.45, 7) is 8.03. The number of hydrogen-bond acceptors (Lipinski definition) is 4. The first-order chi connectivity index (χ1) is 9.34. The van der Waals surface area contributed by atoms with Gasteiger partial charge in [-0.1, -0.05) is 18.2 Å².